The zero-order chi connectivity index (χ0) is 26.7. The lowest BCUT2D eigenvalue weighted by molar-refractivity contribution is 0.0967. The van der Waals surface area contributed by atoms with Gasteiger partial charge < -0.3 is 20.6 Å². The molecule has 2 unspecified atom stereocenters. The average Bonchev–Trinajstić information content (AvgIpc) is 2.97. The van der Waals surface area contributed by atoms with Crippen LogP contribution < -0.4 is 20.9 Å². The van der Waals surface area contributed by atoms with Crippen molar-refractivity contribution in [3.05, 3.63) is 114 Å². The molecule has 7 heteroatoms. The first-order valence-electron chi connectivity index (χ1n) is 13.1. The van der Waals surface area contributed by atoms with E-state index in [9.17, 15) is 10.0 Å². The van der Waals surface area contributed by atoms with Gasteiger partial charge in [-0.15, -0.1) is 0 Å². The first-order chi connectivity index (χ1) is 18.6. The number of carbonyl (C=O) groups excluding carboxylic acids is 1. The number of benzene rings is 1. The largest absolute Gasteiger partial charge is 0.492 e. The molecule has 0 spiro atoms. The van der Waals surface area contributed by atoms with Crippen molar-refractivity contribution in [3.63, 3.8) is 0 Å². The van der Waals surface area contributed by atoms with Crippen molar-refractivity contribution in [1.82, 2.24) is 15.8 Å². The number of allylic oxidation sites excluding steroid dienone is 8. The maximum absolute atomic E-state index is 13.2. The van der Waals surface area contributed by atoms with Crippen LogP contribution in [-0.4, -0.2) is 29.3 Å². The van der Waals surface area contributed by atoms with Crippen molar-refractivity contribution >= 4 is 11.7 Å². The number of para-hydroxylation sites is 1. The number of carbonyl (C=O) groups is 1. The van der Waals surface area contributed by atoms with Gasteiger partial charge in [-0.2, -0.15) is 5.48 Å². The summed E-state index contributed by atoms with van der Waals surface area (Å²) in [4.78, 5) is 18.1. The Labute approximate surface area is 224 Å². The predicted octanol–water partition coefficient (Wildman–Crippen LogP) is 5.81. The smallest absolute Gasteiger partial charge is 0.258 e. The van der Waals surface area contributed by atoms with Gasteiger partial charge in [0.2, 0.25) is 0 Å². The zero-order valence-corrected chi connectivity index (χ0v) is 21.8. The SMILES string of the molecule is C=C/C(C)=C\C=C\NC(=O)c1cc2c(nc1NCCOc1ccccc1)CC(C1=CCCC=C1)CC2NO. The molecular formula is C31H36N4O3. The fourth-order valence-electron chi connectivity index (χ4n) is 4.71. The second-order valence-corrected chi connectivity index (χ2v) is 9.46. The molecule has 1 heterocycles. The van der Waals surface area contributed by atoms with Crippen LogP contribution in [0.3, 0.4) is 0 Å². The monoisotopic (exact) mass is 512 g/mol. The third-order valence-electron chi connectivity index (χ3n) is 6.76. The Morgan fingerprint density at radius 2 is 2.11 bits per heavy atom. The van der Waals surface area contributed by atoms with E-state index in [0.29, 0.717) is 24.5 Å². The van der Waals surface area contributed by atoms with Crippen LogP contribution in [0.25, 0.3) is 0 Å². The lowest BCUT2D eigenvalue weighted by atomic mass is 9.78. The van der Waals surface area contributed by atoms with Crippen LogP contribution in [0, 0.1) is 5.92 Å². The highest BCUT2D eigenvalue weighted by Crippen LogP contribution is 2.38. The number of nitrogens with zero attached hydrogens (tertiary/aromatic N) is 1. The molecule has 7 nitrogen and oxygen atoms in total. The lowest BCUT2D eigenvalue weighted by Gasteiger charge is -2.32. The summed E-state index contributed by atoms with van der Waals surface area (Å²) in [6.45, 7) is 6.54. The Balaban J connectivity index is 1.57. The topological polar surface area (TPSA) is 95.5 Å². The van der Waals surface area contributed by atoms with Gasteiger partial charge >= 0.3 is 0 Å². The van der Waals surface area contributed by atoms with Crippen LogP contribution in [-0.2, 0) is 6.42 Å². The standard InChI is InChI=1S/C31H36N4O3/c1-3-22(2)11-10-16-33-31(36)27-21-26-28(19-24(20-29(26)35-37)23-12-6-4-7-13-23)34-30(27)32-17-18-38-25-14-8-5-9-15-25/h3,5-6,8-16,21,24,29,35,37H,1,4,7,17-20H2,2H3,(H,32,34)(H,33,36)/b16-10+,22-11-. The van der Waals surface area contributed by atoms with Gasteiger partial charge in [0.1, 0.15) is 18.2 Å². The van der Waals surface area contributed by atoms with Crippen molar-refractivity contribution in [2.45, 2.75) is 38.6 Å². The molecule has 0 saturated carbocycles. The number of anilines is 1. The van der Waals surface area contributed by atoms with E-state index in [1.165, 1.54) is 5.57 Å². The van der Waals surface area contributed by atoms with Crippen molar-refractivity contribution in [3.8, 4) is 5.75 Å². The van der Waals surface area contributed by atoms with Crippen molar-refractivity contribution in [2.75, 3.05) is 18.5 Å². The number of hydroxylamine groups is 1. The molecule has 2 aliphatic rings. The van der Waals surface area contributed by atoms with Gasteiger partial charge in [0, 0.05) is 11.9 Å². The second-order valence-electron chi connectivity index (χ2n) is 9.46. The van der Waals surface area contributed by atoms with Crippen molar-refractivity contribution in [1.29, 1.82) is 0 Å². The van der Waals surface area contributed by atoms with E-state index in [2.05, 4.69) is 40.9 Å². The molecule has 0 bridgehead atoms. The molecule has 4 N–H and O–H groups in total. The number of rotatable bonds is 11. The van der Waals surface area contributed by atoms with E-state index >= 15 is 0 Å². The van der Waals surface area contributed by atoms with Gasteiger partial charge in [0.25, 0.3) is 5.91 Å². The summed E-state index contributed by atoms with van der Waals surface area (Å²) in [5.41, 5.74) is 6.85. The van der Waals surface area contributed by atoms with Crippen LogP contribution in [0.5, 0.6) is 5.75 Å². The molecule has 2 aromatic rings. The Morgan fingerprint density at radius 3 is 2.84 bits per heavy atom. The number of fused-ring (bicyclic) bond motifs is 1. The van der Waals surface area contributed by atoms with Crippen molar-refractivity contribution in [2.24, 2.45) is 5.92 Å². The Hall–Kier alpha value is -3.94. The van der Waals surface area contributed by atoms with E-state index in [1.807, 2.05) is 49.4 Å². The van der Waals surface area contributed by atoms with Crippen molar-refractivity contribution < 1.29 is 14.7 Å². The molecule has 0 radical (unpaired) electrons. The molecule has 1 aromatic heterocycles. The summed E-state index contributed by atoms with van der Waals surface area (Å²) in [6, 6.07) is 11.1. The predicted molar refractivity (Wildman–Crippen MR) is 151 cm³/mol. The molecule has 198 valence electrons. The van der Waals surface area contributed by atoms with E-state index in [1.54, 1.807) is 18.4 Å². The average molecular weight is 513 g/mol. The fraction of sp³-hybridized carbons (Fsp3) is 0.290. The minimum absolute atomic E-state index is 0.243. The third-order valence-corrected chi connectivity index (χ3v) is 6.76. The summed E-state index contributed by atoms with van der Waals surface area (Å²) in [6.07, 6.45) is 17.2. The zero-order valence-electron chi connectivity index (χ0n) is 21.8. The molecule has 1 amide bonds. The Bertz CT molecular complexity index is 1250. The first-order valence-corrected chi connectivity index (χ1v) is 13.1. The minimum Gasteiger partial charge on any atom is -0.492 e. The number of amides is 1. The van der Waals surface area contributed by atoms with Crippen LogP contribution in [0.1, 0.15) is 53.8 Å². The van der Waals surface area contributed by atoms with Gasteiger partial charge in [-0.3, -0.25) is 4.79 Å². The van der Waals surface area contributed by atoms with E-state index < -0.39 is 0 Å². The van der Waals surface area contributed by atoms with Gasteiger partial charge in [0.15, 0.2) is 0 Å². The summed E-state index contributed by atoms with van der Waals surface area (Å²) in [5, 5.41) is 16.1. The second kappa shape index (κ2) is 13.6. The van der Waals surface area contributed by atoms with Gasteiger partial charge in [-0.1, -0.05) is 60.7 Å². The number of aromatic nitrogens is 1. The van der Waals surface area contributed by atoms with Gasteiger partial charge in [0.05, 0.1) is 18.2 Å². The summed E-state index contributed by atoms with van der Waals surface area (Å²) in [5.74, 6) is 1.24. The molecule has 0 saturated heterocycles. The fourth-order valence-corrected chi connectivity index (χ4v) is 4.71. The maximum Gasteiger partial charge on any atom is 0.258 e. The summed E-state index contributed by atoms with van der Waals surface area (Å²) >= 11 is 0. The molecule has 2 aliphatic carbocycles. The van der Waals surface area contributed by atoms with Crippen LogP contribution >= 0.6 is 0 Å². The molecule has 2 atom stereocenters. The highest BCUT2D eigenvalue weighted by Gasteiger charge is 2.31. The van der Waals surface area contributed by atoms with Gasteiger partial charge in [-0.05, 0) is 73.9 Å². The maximum atomic E-state index is 13.2. The van der Waals surface area contributed by atoms with E-state index in [0.717, 1.165) is 48.3 Å². The normalized spacial score (nSPS) is 19.0. The number of pyridine rings is 1. The molecule has 0 fully saturated rings. The van der Waals surface area contributed by atoms with Crippen LogP contribution in [0.15, 0.2) is 96.8 Å². The summed E-state index contributed by atoms with van der Waals surface area (Å²) < 4.78 is 5.81. The van der Waals surface area contributed by atoms with Gasteiger partial charge in [-0.25, -0.2) is 4.98 Å². The highest BCUT2D eigenvalue weighted by atomic mass is 16.5. The quantitative estimate of drug-likeness (QED) is 0.173. The molecule has 0 aliphatic heterocycles. The van der Waals surface area contributed by atoms with E-state index in [4.69, 9.17) is 9.72 Å². The first kappa shape index (κ1) is 27.1. The highest BCUT2D eigenvalue weighted by molar-refractivity contribution is 5.99. The number of nitrogens with one attached hydrogen (secondary N) is 3. The number of hydrogen-bond acceptors (Lipinski definition) is 6. The van der Waals surface area contributed by atoms with E-state index in [-0.39, 0.29) is 17.9 Å². The molecule has 4 rings (SSSR count). The van der Waals surface area contributed by atoms with Crippen LogP contribution in [0.2, 0.25) is 0 Å². The summed E-state index contributed by atoms with van der Waals surface area (Å²) in [7, 11) is 0. The Morgan fingerprint density at radius 1 is 1.26 bits per heavy atom. The number of hydrogen-bond donors (Lipinski definition) is 4. The lowest BCUT2D eigenvalue weighted by Crippen LogP contribution is -2.31. The third kappa shape index (κ3) is 7.09. The molecular weight excluding hydrogens is 476 g/mol. The van der Waals surface area contributed by atoms with Crippen LogP contribution in [0.4, 0.5) is 5.82 Å². The minimum atomic E-state index is -0.316. The number of ether oxygens (including phenoxy) is 1. The Kier molecular flexibility index (Phi) is 9.67. The molecule has 1 aromatic carbocycles. The molecule has 38 heavy (non-hydrogen) atoms.